The zero-order chi connectivity index (χ0) is 20.4. The Bertz CT molecular complexity index is 891. The van der Waals surface area contributed by atoms with E-state index in [1.165, 1.54) is 5.56 Å². The van der Waals surface area contributed by atoms with Crippen LogP contribution in [-0.4, -0.2) is 58.8 Å². The minimum Gasteiger partial charge on any atom is -0.368 e. The summed E-state index contributed by atoms with van der Waals surface area (Å²) in [7, 11) is 0. The predicted octanol–water partition coefficient (Wildman–Crippen LogP) is 2.33. The lowest BCUT2D eigenvalue weighted by atomic mass is 9.94. The number of pyridine rings is 1. The molecule has 152 valence electrons. The molecule has 3 heterocycles. The molecule has 2 N–H and O–H groups in total. The van der Waals surface area contributed by atoms with Crippen LogP contribution in [0.3, 0.4) is 0 Å². The van der Waals surface area contributed by atoms with Crippen molar-refractivity contribution in [2.24, 2.45) is 17.6 Å². The molecule has 3 atom stereocenters. The minimum absolute atomic E-state index is 0.0433. The van der Waals surface area contributed by atoms with E-state index in [4.69, 9.17) is 5.73 Å². The number of primary amides is 1. The van der Waals surface area contributed by atoms with Crippen molar-refractivity contribution in [3.63, 3.8) is 0 Å². The van der Waals surface area contributed by atoms with Crippen LogP contribution in [0, 0.1) is 11.8 Å². The average Bonchev–Trinajstić information content (AvgIpc) is 3.26. The third-order valence-electron chi connectivity index (χ3n) is 6.08. The molecule has 0 bridgehead atoms. The maximum atomic E-state index is 12.9. The lowest BCUT2D eigenvalue weighted by molar-refractivity contribution is -0.123. The van der Waals surface area contributed by atoms with E-state index in [-0.39, 0.29) is 29.7 Å². The second-order valence-corrected chi connectivity index (χ2v) is 8.66. The van der Waals surface area contributed by atoms with Crippen molar-refractivity contribution in [3.05, 3.63) is 64.4 Å². The SMILES string of the molecule is NC(=O)C1[C@@H]2CN(C(=O)c3cccnc3Br)CC2CN1CCCc1ccccc1. The molecule has 7 heteroatoms. The van der Waals surface area contributed by atoms with E-state index in [2.05, 4.69) is 37.9 Å². The van der Waals surface area contributed by atoms with E-state index < -0.39 is 0 Å². The fraction of sp³-hybridized carbons (Fsp3) is 0.409. The summed E-state index contributed by atoms with van der Waals surface area (Å²) in [5.74, 6) is 0.0551. The van der Waals surface area contributed by atoms with E-state index in [0.717, 1.165) is 25.9 Å². The molecule has 0 radical (unpaired) electrons. The van der Waals surface area contributed by atoms with Crippen LogP contribution in [0.1, 0.15) is 22.3 Å². The molecule has 0 saturated carbocycles. The van der Waals surface area contributed by atoms with Gasteiger partial charge in [-0.15, -0.1) is 0 Å². The zero-order valence-electron chi connectivity index (χ0n) is 16.2. The normalized spacial score (nSPS) is 23.9. The molecule has 6 nitrogen and oxygen atoms in total. The zero-order valence-corrected chi connectivity index (χ0v) is 17.8. The Hall–Kier alpha value is -2.25. The van der Waals surface area contributed by atoms with Crippen molar-refractivity contribution in [3.8, 4) is 0 Å². The largest absolute Gasteiger partial charge is 0.368 e. The highest BCUT2D eigenvalue weighted by molar-refractivity contribution is 9.10. The smallest absolute Gasteiger partial charge is 0.256 e. The van der Waals surface area contributed by atoms with Gasteiger partial charge in [0.2, 0.25) is 5.91 Å². The molecule has 0 aliphatic carbocycles. The number of fused-ring (bicyclic) bond motifs is 1. The second kappa shape index (κ2) is 8.63. The average molecular weight is 457 g/mol. The first-order valence-corrected chi connectivity index (χ1v) is 10.8. The monoisotopic (exact) mass is 456 g/mol. The molecule has 1 aromatic carbocycles. The Morgan fingerprint density at radius 1 is 1.10 bits per heavy atom. The number of rotatable bonds is 6. The van der Waals surface area contributed by atoms with Gasteiger partial charge in [-0.1, -0.05) is 30.3 Å². The lowest BCUT2D eigenvalue weighted by Crippen LogP contribution is -2.46. The Labute approximate surface area is 179 Å². The topological polar surface area (TPSA) is 79.5 Å². The number of likely N-dealkylation sites (tertiary alicyclic amines) is 2. The van der Waals surface area contributed by atoms with Crippen LogP contribution in [0.2, 0.25) is 0 Å². The highest BCUT2D eigenvalue weighted by Crippen LogP contribution is 2.37. The number of carbonyl (C=O) groups excluding carboxylic acids is 2. The van der Waals surface area contributed by atoms with Gasteiger partial charge in [0.1, 0.15) is 4.60 Å². The Kier molecular flexibility index (Phi) is 5.96. The molecule has 0 spiro atoms. The highest BCUT2D eigenvalue weighted by Gasteiger charge is 2.50. The van der Waals surface area contributed by atoms with Crippen LogP contribution in [0.5, 0.6) is 0 Å². The Morgan fingerprint density at radius 3 is 2.62 bits per heavy atom. The number of aromatic nitrogens is 1. The van der Waals surface area contributed by atoms with Gasteiger partial charge in [-0.2, -0.15) is 0 Å². The standard InChI is InChI=1S/C22H25BrN4O2/c23-20-17(9-4-10-25-20)22(29)27-13-16-12-26(19(21(24)28)18(16)14-27)11-5-8-15-6-2-1-3-7-15/h1-4,6-7,9-10,16,18-19H,5,8,11-14H2,(H2,24,28)/t16?,18-,19?/m1/s1. The summed E-state index contributed by atoms with van der Waals surface area (Å²) in [5.41, 5.74) is 7.65. The van der Waals surface area contributed by atoms with E-state index in [9.17, 15) is 9.59 Å². The molecule has 2 fully saturated rings. The molecule has 29 heavy (non-hydrogen) atoms. The van der Waals surface area contributed by atoms with Gasteiger partial charge in [0.25, 0.3) is 5.91 Å². The molecule has 2 aromatic rings. The second-order valence-electron chi connectivity index (χ2n) is 7.91. The molecule has 2 amide bonds. The van der Waals surface area contributed by atoms with Crippen LogP contribution >= 0.6 is 15.9 Å². The maximum Gasteiger partial charge on any atom is 0.256 e. The number of hydrogen-bond donors (Lipinski definition) is 1. The van der Waals surface area contributed by atoms with Gasteiger partial charge in [0, 0.05) is 31.7 Å². The molecule has 2 aliphatic rings. The minimum atomic E-state index is -0.300. The third-order valence-corrected chi connectivity index (χ3v) is 6.71. The summed E-state index contributed by atoms with van der Waals surface area (Å²) in [6.45, 7) is 2.88. The fourth-order valence-electron chi connectivity index (χ4n) is 4.77. The summed E-state index contributed by atoms with van der Waals surface area (Å²) in [6, 6.07) is 13.6. The van der Waals surface area contributed by atoms with Gasteiger partial charge in [-0.25, -0.2) is 4.98 Å². The van der Waals surface area contributed by atoms with E-state index in [1.807, 2.05) is 23.1 Å². The van der Waals surface area contributed by atoms with Crippen LogP contribution in [-0.2, 0) is 11.2 Å². The number of hydrogen-bond acceptors (Lipinski definition) is 4. The number of carbonyl (C=O) groups is 2. The van der Waals surface area contributed by atoms with E-state index in [0.29, 0.717) is 23.3 Å². The number of nitrogens with two attached hydrogens (primary N) is 1. The molecule has 4 rings (SSSR count). The molecular formula is C22H25BrN4O2. The summed E-state index contributed by atoms with van der Waals surface area (Å²) < 4.78 is 0.552. The number of benzene rings is 1. The lowest BCUT2D eigenvalue weighted by Gasteiger charge is -2.27. The molecule has 2 unspecified atom stereocenters. The summed E-state index contributed by atoms with van der Waals surface area (Å²) in [5, 5.41) is 0. The number of aryl methyl sites for hydroxylation is 1. The summed E-state index contributed by atoms with van der Waals surface area (Å²) >= 11 is 3.36. The molecule has 1 aromatic heterocycles. The van der Waals surface area contributed by atoms with Gasteiger partial charge in [-0.3, -0.25) is 14.5 Å². The fourth-order valence-corrected chi connectivity index (χ4v) is 5.19. The van der Waals surface area contributed by atoms with Gasteiger partial charge >= 0.3 is 0 Å². The van der Waals surface area contributed by atoms with Crippen molar-refractivity contribution in [2.45, 2.75) is 18.9 Å². The van der Waals surface area contributed by atoms with Crippen molar-refractivity contribution < 1.29 is 9.59 Å². The van der Waals surface area contributed by atoms with Crippen molar-refractivity contribution in [1.29, 1.82) is 0 Å². The highest BCUT2D eigenvalue weighted by atomic mass is 79.9. The first kappa shape index (κ1) is 20.0. The van der Waals surface area contributed by atoms with Crippen LogP contribution in [0.4, 0.5) is 0 Å². The summed E-state index contributed by atoms with van der Waals surface area (Å²) in [4.78, 5) is 33.4. The van der Waals surface area contributed by atoms with Gasteiger partial charge in [0.15, 0.2) is 0 Å². The third kappa shape index (κ3) is 4.21. The summed E-state index contributed by atoms with van der Waals surface area (Å²) in [6.07, 6.45) is 3.62. The number of amides is 2. The van der Waals surface area contributed by atoms with Gasteiger partial charge in [0.05, 0.1) is 11.6 Å². The van der Waals surface area contributed by atoms with Gasteiger partial charge in [-0.05, 0) is 58.9 Å². The van der Waals surface area contributed by atoms with Crippen LogP contribution in [0.25, 0.3) is 0 Å². The van der Waals surface area contributed by atoms with Crippen molar-refractivity contribution >= 4 is 27.7 Å². The Morgan fingerprint density at radius 2 is 1.90 bits per heavy atom. The first-order valence-electron chi connectivity index (χ1n) is 10.0. The maximum absolute atomic E-state index is 12.9. The van der Waals surface area contributed by atoms with Crippen LogP contribution in [0.15, 0.2) is 53.3 Å². The van der Waals surface area contributed by atoms with E-state index in [1.54, 1.807) is 18.3 Å². The van der Waals surface area contributed by atoms with Crippen molar-refractivity contribution in [2.75, 3.05) is 26.2 Å². The van der Waals surface area contributed by atoms with Crippen molar-refractivity contribution in [1.82, 2.24) is 14.8 Å². The Balaban J connectivity index is 1.39. The molecule has 2 saturated heterocycles. The quantitative estimate of drug-likeness (QED) is 0.676. The van der Waals surface area contributed by atoms with E-state index >= 15 is 0 Å². The number of halogens is 1. The van der Waals surface area contributed by atoms with Crippen LogP contribution < -0.4 is 5.73 Å². The first-order chi connectivity index (χ1) is 14.0. The predicted molar refractivity (Wildman–Crippen MR) is 114 cm³/mol. The molecular weight excluding hydrogens is 432 g/mol. The van der Waals surface area contributed by atoms with Gasteiger partial charge < -0.3 is 10.6 Å². The number of nitrogens with zero attached hydrogens (tertiary/aromatic N) is 3. The molecule has 2 aliphatic heterocycles.